The highest BCUT2D eigenvalue weighted by Crippen LogP contribution is 2.09. The average molecular weight is 185 g/mol. The Bertz CT molecular complexity index is 557. The number of nitrogens with zero attached hydrogens (tertiary/aromatic N) is 2. The molecule has 0 saturated heterocycles. The Morgan fingerprint density at radius 3 is 3.29 bits per heavy atom. The molecule has 0 radical (unpaired) electrons. The zero-order valence-corrected chi connectivity index (χ0v) is 7.27. The molecule has 2 aliphatic rings. The minimum Gasteiger partial charge on any atom is -0.381 e. The summed E-state index contributed by atoms with van der Waals surface area (Å²) in [5.41, 5.74) is 3.64. The minimum absolute atomic E-state index is 0.775. The fraction of sp³-hybridized carbons (Fsp3) is 0. The van der Waals surface area contributed by atoms with Gasteiger partial charge in [-0.2, -0.15) is 10.2 Å². The van der Waals surface area contributed by atoms with Gasteiger partial charge in [0, 0.05) is 11.4 Å². The summed E-state index contributed by atoms with van der Waals surface area (Å²) in [6.45, 7) is 0. The zero-order chi connectivity index (χ0) is 9.38. The van der Waals surface area contributed by atoms with Gasteiger partial charge >= 0.3 is 0 Å². The van der Waals surface area contributed by atoms with Crippen LogP contribution in [0.15, 0.2) is 34.6 Å². The first-order valence-corrected chi connectivity index (χ1v) is 4.28. The van der Waals surface area contributed by atoms with Crippen LogP contribution in [0, 0.1) is 0 Å². The Labute approximate surface area is 79.9 Å². The summed E-state index contributed by atoms with van der Waals surface area (Å²) < 4.78 is 0. The fourth-order valence-corrected chi connectivity index (χ4v) is 1.50. The summed E-state index contributed by atoms with van der Waals surface area (Å²) >= 11 is 0. The Morgan fingerprint density at radius 1 is 1.29 bits per heavy atom. The number of benzene rings is 1. The number of allylic oxidation sites excluding steroid dienone is 1. The van der Waals surface area contributed by atoms with Gasteiger partial charge in [0.05, 0.1) is 17.1 Å². The van der Waals surface area contributed by atoms with E-state index in [1.807, 2.05) is 24.3 Å². The summed E-state index contributed by atoms with van der Waals surface area (Å²) in [7, 11) is 0. The summed E-state index contributed by atoms with van der Waals surface area (Å²) in [6, 6.07) is 3.89. The minimum atomic E-state index is 0.775. The molecule has 1 N–H and O–H groups in total. The van der Waals surface area contributed by atoms with Crippen LogP contribution in [0.3, 0.4) is 0 Å². The average Bonchev–Trinajstić information content (AvgIpc) is 2.55. The van der Waals surface area contributed by atoms with Crippen LogP contribution in [0.2, 0.25) is 0 Å². The van der Waals surface area contributed by atoms with Crippen LogP contribution in [-0.4, -0.2) is 6.21 Å². The maximum atomic E-state index is 5.37. The number of fused-ring (bicyclic) bond motifs is 3. The van der Waals surface area contributed by atoms with Crippen molar-refractivity contribution in [2.24, 2.45) is 10.2 Å². The Balaban J connectivity index is 2.39. The van der Waals surface area contributed by atoms with Crippen molar-refractivity contribution in [3.05, 3.63) is 40.5 Å². The van der Waals surface area contributed by atoms with Crippen molar-refractivity contribution in [2.75, 3.05) is 0 Å². The highest BCUT2D eigenvalue weighted by atomic mass is 16.6. The molecule has 0 aromatic heterocycles. The van der Waals surface area contributed by atoms with Crippen molar-refractivity contribution in [3.8, 4) is 5.75 Å². The molecule has 0 saturated carbocycles. The molecule has 0 amide bonds. The molecule has 2 aliphatic heterocycles. The smallest absolute Gasteiger partial charge is 0.173 e. The zero-order valence-electron chi connectivity index (χ0n) is 7.27. The molecule has 1 aromatic rings. The lowest BCUT2D eigenvalue weighted by Crippen LogP contribution is -2.21. The van der Waals surface area contributed by atoms with E-state index in [-0.39, 0.29) is 0 Å². The van der Waals surface area contributed by atoms with Crippen LogP contribution in [-0.2, 0) is 0 Å². The summed E-state index contributed by atoms with van der Waals surface area (Å²) in [6.07, 6.45) is 7.30. The molecule has 4 heteroatoms. The first-order valence-electron chi connectivity index (χ1n) is 4.28. The summed E-state index contributed by atoms with van der Waals surface area (Å²) in [4.78, 5) is 5.37. The number of hydroxylamine groups is 1. The summed E-state index contributed by atoms with van der Waals surface area (Å²) in [5, 5.41) is 9.68. The van der Waals surface area contributed by atoms with Crippen LogP contribution in [0.4, 0.5) is 0 Å². The summed E-state index contributed by atoms with van der Waals surface area (Å²) in [5.74, 6) is 0.775. The van der Waals surface area contributed by atoms with Crippen molar-refractivity contribution in [2.45, 2.75) is 0 Å². The van der Waals surface area contributed by atoms with Crippen LogP contribution in [0.5, 0.6) is 5.75 Å². The van der Waals surface area contributed by atoms with E-state index in [2.05, 4.69) is 15.7 Å². The second-order valence-electron chi connectivity index (χ2n) is 3.01. The maximum Gasteiger partial charge on any atom is 0.173 e. The lowest BCUT2D eigenvalue weighted by Gasteiger charge is -2.04. The first-order chi connectivity index (χ1) is 6.95. The Hall–Kier alpha value is -2.10. The second-order valence-corrected chi connectivity index (χ2v) is 3.01. The van der Waals surface area contributed by atoms with Crippen molar-refractivity contribution >= 4 is 12.3 Å². The van der Waals surface area contributed by atoms with Gasteiger partial charge in [-0.3, -0.25) is 0 Å². The monoisotopic (exact) mass is 185 g/mol. The number of hydrogen-bond acceptors (Lipinski definition) is 4. The van der Waals surface area contributed by atoms with Gasteiger partial charge in [0.25, 0.3) is 0 Å². The van der Waals surface area contributed by atoms with E-state index in [4.69, 9.17) is 4.84 Å². The van der Waals surface area contributed by atoms with E-state index in [9.17, 15) is 0 Å². The van der Waals surface area contributed by atoms with Crippen molar-refractivity contribution < 1.29 is 4.84 Å². The van der Waals surface area contributed by atoms with E-state index in [0.717, 1.165) is 21.9 Å². The SMILES string of the molecule is C1=CNOc2c3c(ccc2=C1)=NN=C3. The van der Waals surface area contributed by atoms with Gasteiger partial charge in [0.15, 0.2) is 5.75 Å². The van der Waals surface area contributed by atoms with E-state index in [0.29, 0.717) is 0 Å². The van der Waals surface area contributed by atoms with Crippen LogP contribution in [0.25, 0.3) is 6.08 Å². The molecule has 0 aliphatic carbocycles. The second kappa shape index (κ2) is 2.70. The molecule has 0 spiro atoms. The highest BCUT2D eigenvalue weighted by molar-refractivity contribution is 5.84. The standard InChI is InChI=1S/C10H7N3O/c1-2-7-3-4-9-8(6-11-13-9)10(7)14-12-5-1/h1-6,12H. The Kier molecular flexibility index (Phi) is 1.41. The molecule has 1 aromatic carbocycles. The lowest BCUT2D eigenvalue weighted by molar-refractivity contribution is 0.241. The van der Waals surface area contributed by atoms with E-state index in [1.165, 1.54) is 0 Å². The van der Waals surface area contributed by atoms with E-state index >= 15 is 0 Å². The molecule has 3 rings (SSSR count). The van der Waals surface area contributed by atoms with Gasteiger partial charge in [0.2, 0.25) is 0 Å². The predicted octanol–water partition coefficient (Wildman–Crippen LogP) is -0.155. The lowest BCUT2D eigenvalue weighted by atomic mass is 10.1. The van der Waals surface area contributed by atoms with Gasteiger partial charge in [-0.1, -0.05) is 0 Å². The molecule has 14 heavy (non-hydrogen) atoms. The third kappa shape index (κ3) is 0.939. The van der Waals surface area contributed by atoms with Crippen molar-refractivity contribution in [1.29, 1.82) is 0 Å². The maximum absolute atomic E-state index is 5.37. The van der Waals surface area contributed by atoms with Gasteiger partial charge < -0.3 is 4.84 Å². The highest BCUT2D eigenvalue weighted by Gasteiger charge is 2.10. The predicted molar refractivity (Wildman–Crippen MR) is 52.2 cm³/mol. The fourth-order valence-electron chi connectivity index (χ4n) is 1.50. The molecule has 4 nitrogen and oxygen atoms in total. The van der Waals surface area contributed by atoms with Crippen molar-refractivity contribution in [3.63, 3.8) is 0 Å². The Morgan fingerprint density at radius 2 is 2.29 bits per heavy atom. The number of hydrogen-bond donors (Lipinski definition) is 1. The number of rotatable bonds is 0. The number of nitrogens with one attached hydrogen (secondary N) is 1. The normalized spacial score (nSPS) is 15.4. The van der Waals surface area contributed by atoms with Crippen molar-refractivity contribution in [1.82, 2.24) is 5.48 Å². The molecule has 2 heterocycles. The van der Waals surface area contributed by atoms with Gasteiger partial charge in [-0.15, -0.1) is 0 Å². The van der Waals surface area contributed by atoms with E-state index in [1.54, 1.807) is 12.4 Å². The molecule has 0 atom stereocenters. The van der Waals surface area contributed by atoms with Gasteiger partial charge in [-0.25, -0.2) is 5.48 Å². The van der Waals surface area contributed by atoms with E-state index < -0.39 is 0 Å². The van der Waals surface area contributed by atoms with Crippen LogP contribution < -0.4 is 20.9 Å². The van der Waals surface area contributed by atoms with Gasteiger partial charge in [-0.05, 0) is 24.3 Å². The molecular weight excluding hydrogens is 178 g/mol. The van der Waals surface area contributed by atoms with Crippen LogP contribution >= 0.6 is 0 Å². The third-order valence-electron chi connectivity index (χ3n) is 2.16. The topological polar surface area (TPSA) is 46.0 Å². The molecule has 0 bridgehead atoms. The third-order valence-corrected chi connectivity index (χ3v) is 2.16. The first kappa shape index (κ1) is 7.32. The molecule has 68 valence electrons. The molecule has 0 unspecified atom stereocenters. The van der Waals surface area contributed by atoms with Crippen LogP contribution in [0.1, 0.15) is 5.56 Å². The quantitative estimate of drug-likeness (QED) is 0.610. The largest absolute Gasteiger partial charge is 0.381 e. The molecule has 0 fully saturated rings. The van der Waals surface area contributed by atoms with Gasteiger partial charge in [0.1, 0.15) is 0 Å². The molecular formula is C10H7N3O.